The summed E-state index contributed by atoms with van der Waals surface area (Å²) >= 11 is 1.04. The number of hydrogen-bond donors (Lipinski definition) is 1. The molecule has 6 heteroatoms. The number of rotatable bonds is 2. The fourth-order valence-electron chi connectivity index (χ4n) is 1.06. The van der Waals surface area contributed by atoms with Crippen LogP contribution < -0.4 is 5.32 Å². The number of nitrogens with zero attached hydrogens (tertiary/aromatic N) is 3. The van der Waals surface area contributed by atoms with E-state index in [1.165, 1.54) is 0 Å². The van der Waals surface area contributed by atoms with E-state index in [1.807, 2.05) is 19.1 Å². The molecule has 0 aliphatic heterocycles. The van der Waals surface area contributed by atoms with Crippen molar-refractivity contribution in [2.45, 2.75) is 6.92 Å². The van der Waals surface area contributed by atoms with Crippen molar-refractivity contribution in [2.24, 2.45) is 0 Å². The first-order valence-corrected chi connectivity index (χ1v) is 5.06. The molecule has 0 spiro atoms. The summed E-state index contributed by atoms with van der Waals surface area (Å²) in [6, 6.07) is 7.29. The topological polar surface area (TPSA) is 67.8 Å². The second kappa shape index (κ2) is 4.14. The Morgan fingerprint density at radius 2 is 2.07 bits per heavy atom. The third kappa shape index (κ3) is 2.35. The van der Waals surface area contributed by atoms with Crippen LogP contribution >= 0.6 is 11.5 Å². The summed E-state index contributed by atoms with van der Waals surface area (Å²) in [5, 5.41) is 10.0. The Labute approximate surface area is 90.3 Å². The molecule has 0 bridgehead atoms. The van der Waals surface area contributed by atoms with Gasteiger partial charge in [0.05, 0.1) is 0 Å². The Bertz CT molecular complexity index is 451. The molecule has 2 aromatic rings. The lowest BCUT2D eigenvalue weighted by Gasteiger charge is -2.00. The van der Waals surface area contributed by atoms with Crippen LogP contribution in [0.2, 0.25) is 0 Å². The van der Waals surface area contributed by atoms with Gasteiger partial charge in [-0.15, -0.1) is 0 Å². The van der Waals surface area contributed by atoms with Crippen molar-refractivity contribution in [1.29, 1.82) is 0 Å². The van der Waals surface area contributed by atoms with E-state index in [2.05, 4.69) is 20.1 Å². The van der Waals surface area contributed by atoms with Crippen LogP contribution in [0, 0.1) is 6.92 Å². The summed E-state index contributed by atoms with van der Waals surface area (Å²) in [6.07, 6.45) is 0. The SMILES string of the molecule is Cc1ccc(C(=O)Nc2nnns2)cc1. The fraction of sp³-hybridized carbons (Fsp3) is 0.111. The van der Waals surface area contributed by atoms with E-state index in [0.29, 0.717) is 10.7 Å². The fourth-order valence-corrected chi connectivity index (χ4v) is 1.42. The van der Waals surface area contributed by atoms with Gasteiger partial charge in [0.1, 0.15) is 0 Å². The van der Waals surface area contributed by atoms with Crippen molar-refractivity contribution >= 4 is 22.6 Å². The zero-order valence-electron chi connectivity index (χ0n) is 7.97. The Balaban J connectivity index is 2.11. The number of anilines is 1. The van der Waals surface area contributed by atoms with Crippen molar-refractivity contribution in [3.63, 3.8) is 0 Å². The molecule has 0 unspecified atom stereocenters. The molecule has 1 aromatic carbocycles. The first kappa shape index (κ1) is 9.72. The molecule has 1 aromatic heterocycles. The predicted octanol–water partition coefficient (Wildman–Crippen LogP) is 1.49. The maximum atomic E-state index is 11.6. The number of hydrogen-bond acceptors (Lipinski definition) is 5. The summed E-state index contributed by atoms with van der Waals surface area (Å²) < 4.78 is 3.55. The Morgan fingerprint density at radius 3 is 2.67 bits per heavy atom. The molecule has 0 aliphatic carbocycles. The zero-order valence-corrected chi connectivity index (χ0v) is 8.78. The van der Waals surface area contributed by atoms with Crippen molar-refractivity contribution in [1.82, 2.24) is 14.8 Å². The van der Waals surface area contributed by atoms with E-state index in [4.69, 9.17) is 0 Å². The van der Waals surface area contributed by atoms with Crippen LogP contribution in [0.4, 0.5) is 5.13 Å². The molecule has 1 heterocycles. The van der Waals surface area contributed by atoms with Crippen LogP contribution in [-0.4, -0.2) is 20.7 Å². The molecular weight excluding hydrogens is 212 g/mol. The Hall–Kier alpha value is -1.82. The molecule has 2 rings (SSSR count). The number of benzene rings is 1. The molecule has 15 heavy (non-hydrogen) atoms. The van der Waals surface area contributed by atoms with Crippen LogP contribution in [0.3, 0.4) is 0 Å². The monoisotopic (exact) mass is 220 g/mol. The van der Waals surface area contributed by atoms with Crippen LogP contribution in [0.25, 0.3) is 0 Å². The lowest BCUT2D eigenvalue weighted by molar-refractivity contribution is 0.102. The lowest BCUT2D eigenvalue weighted by atomic mass is 10.1. The van der Waals surface area contributed by atoms with Gasteiger partial charge in [0.2, 0.25) is 5.13 Å². The van der Waals surface area contributed by atoms with Crippen molar-refractivity contribution in [3.05, 3.63) is 35.4 Å². The summed E-state index contributed by atoms with van der Waals surface area (Å²) in [5.41, 5.74) is 1.71. The molecule has 1 amide bonds. The highest BCUT2D eigenvalue weighted by molar-refractivity contribution is 7.09. The largest absolute Gasteiger partial charge is 0.295 e. The van der Waals surface area contributed by atoms with Crippen LogP contribution in [-0.2, 0) is 0 Å². The summed E-state index contributed by atoms with van der Waals surface area (Å²) in [7, 11) is 0. The van der Waals surface area contributed by atoms with E-state index in [1.54, 1.807) is 12.1 Å². The van der Waals surface area contributed by atoms with Gasteiger partial charge >= 0.3 is 0 Å². The minimum Gasteiger partial charge on any atom is -0.295 e. The van der Waals surface area contributed by atoms with E-state index >= 15 is 0 Å². The van der Waals surface area contributed by atoms with Crippen LogP contribution in [0.5, 0.6) is 0 Å². The van der Waals surface area contributed by atoms with E-state index < -0.39 is 0 Å². The molecular formula is C9H8N4OS. The third-order valence-corrected chi connectivity index (χ3v) is 2.34. The number of nitrogens with one attached hydrogen (secondary N) is 1. The normalized spacial score (nSPS) is 9.93. The maximum Gasteiger partial charge on any atom is 0.257 e. The highest BCUT2D eigenvalue weighted by Crippen LogP contribution is 2.09. The Kier molecular flexibility index (Phi) is 2.68. The number of aryl methyl sites for hydroxylation is 1. The van der Waals surface area contributed by atoms with Gasteiger partial charge in [-0.2, -0.15) is 0 Å². The number of aromatic nitrogens is 3. The minimum absolute atomic E-state index is 0.200. The van der Waals surface area contributed by atoms with Crippen molar-refractivity contribution < 1.29 is 4.79 Å². The molecule has 0 saturated carbocycles. The van der Waals surface area contributed by atoms with Gasteiger partial charge in [-0.1, -0.05) is 27.3 Å². The van der Waals surface area contributed by atoms with Gasteiger partial charge in [0.15, 0.2) is 0 Å². The van der Waals surface area contributed by atoms with Gasteiger partial charge in [0, 0.05) is 17.1 Å². The molecule has 0 saturated heterocycles. The average Bonchev–Trinajstić information content (AvgIpc) is 2.71. The highest BCUT2D eigenvalue weighted by Gasteiger charge is 2.07. The lowest BCUT2D eigenvalue weighted by Crippen LogP contribution is -2.11. The van der Waals surface area contributed by atoms with Crippen LogP contribution in [0.15, 0.2) is 24.3 Å². The molecule has 0 fully saturated rings. The van der Waals surface area contributed by atoms with E-state index in [0.717, 1.165) is 17.1 Å². The quantitative estimate of drug-likeness (QED) is 0.832. The molecule has 5 nitrogen and oxygen atoms in total. The van der Waals surface area contributed by atoms with Gasteiger partial charge < -0.3 is 0 Å². The summed E-state index contributed by atoms with van der Waals surface area (Å²) in [5.74, 6) is -0.200. The van der Waals surface area contributed by atoms with E-state index in [9.17, 15) is 4.79 Å². The Morgan fingerprint density at radius 1 is 1.33 bits per heavy atom. The molecule has 0 atom stereocenters. The minimum atomic E-state index is -0.200. The van der Waals surface area contributed by atoms with Gasteiger partial charge in [-0.25, -0.2) is 0 Å². The van der Waals surface area contributed by atoms with Gasteiger partial charge in [-0.3, -0.25) is 10.1 Å². The number of amides is 1. The second-order valence-corrected chi connectivity index (χ2v) is 3.72. The smallest absolute Gasteiger partial charge is 0.257 e. The average molecular weight is 220 g/mol. The van der Waals surface area contributed by atoms with Crippen LogP contribution in [0.1, 0.15) is 15.9 Å². The van der Waals surface area contributed by atoms with Crippen molar-refractivity contribution in [3.8, 4) is 0 Å². The summed E-state index contributed by atoms with van der Waals surface area (Å²) in [6.45, 7) is 1.97. The highest BCUT2D eigenvalue weighted by atomic mass is 32.1. The number of carbonyl (C=O) groups is 1. The second-order valence-electron chi connectivity index (χ2n) is 2.99. The molecule has 0 radical (unpaired) electrons. The van der Waals surface area contributed by atoms with Gasteiger partial charge in [-0.05, 0) is 24.3 Å². The summed E-state index contributed by atoms with van der Waals surface area (Å²) in [4.78, 5) is 11.6. The zero-order chi connectivity index (χ0) is 10.7. The predicted molar refractivity (Wildman–Crippen MR) is 56.8 cm³/mol. The maximum absolute atomic E-state index is 11.6. The standard InChI is InChI=1S/C9H8N4OS/c1-6-2-4-7(5-3-6)8(14)10-9-11-12-13-15-9/h2-5H,1H3,(H,10,11,13,14). The van der Waals surface area contributed by atoms with Crippen molar-refractivity contribution in [2.75, 3.05) is 5.32 Å². The van der Waals surface area contributed by atoms with E-state index in [-0.39, 0.29) is 5.91 Å². The molecule has 76 valence electrons. The number of carbonyl (C=O) groups excluding carboxylic acids is 1. The van der Waals surface area contributed by atoms with Gasteiger partial charge in [0.25, 0.3) is 5.91 Å². The molecule has 0 aliphatic rings. The first-order chi connectivity index (χ1) is 7.25. The molecule has 1 N–H and O–H groups in total. The third-order valence-electron chi connectivity index (χ3n) is 1.83. The first-order valence-electron chi connectivity index (χ1n) is 4.29.